The highest BCUT2D eigenvalue weighted by atomic mass is 15.2. The van der Waals surface area contributed by atoms with Crippen LogP contribution >= 0.6 is 0 Å². The highest BCUT2D eigenvalue weighted by Gasteiger charge is 2.27. The van der Waals surface area contributed by atoms with Crippen LogP contribution in [-0.4, -0.2) is 24.6 Å². The zero-order valence-electron chi connectivity index (χ0n) is 11.7. The van der Waals surface area contributed by atoms with Crippen molar-refractivity contribution in [1.29, 1.82) is 0 Å². The molecule has 1 aromatic carbocycles. The number of fused-ring (bicyclic) bond motifs is 2. The van der Waals surface area contributed by atoms with E-state index in [1.807, 2.05) is 6.07 Å². The number of benzene rings is 1. The summed E-state index contributed by atoms with van der Waals surface area (Å²) in [5.74, 6) is 1.15. The molecule has 0 saturated carbocycles. The first-order valence-corrected chi connectivity index (χ1v) is 6.93. The Kier molecular flexibility index (Phi) is 2.94. The van der Waals surface area contributed by atoms with E-state index >= 15 is 0 Å². The number of anilines is 1. The summed E-state index contributed by atoms with van der Waals surface area (Å²) < 4.78 is 0. The summed E-state index contributed by atoms with van der Waals surface area (Å²) in [6.07, 6.45) is 1.09. The fraction of sp³-hybridized carbons (Fsp3) is 0.438. The molecule has 0 saturated heterocycles. The molecule has 0 atom stereocenters. The van der Waals surface area contributed by atoms with Crippen LogP contribution in [0, 0.1) is 5.41 Å². The summed E-state index contributed by atoms with van der Waals surface area (Å²) in [5, 5.41) is 1.24. The van der Waals surface area contributed by atoms with Gasteiger partial charge in [0.25, 0.3) is 0 Å². The largest absolute Gasteiger partial charge is 0.355 e. The van der Waals surface area contributed by atoms with Crippen LogP contribution in [0.1, 0.15) is 19.4 Å². The Labute approximate surface area is 114 Å². The van der Waals surface area contributed by atoms with E-state index in [0.717, 1.165) is 30.8 Å². The lowest BCUT2D eigenvalue weighted by Gasteiger charge is -2.30. The van der Waals surface area contributed by atoms with Crippen LogP contribution in [0.2, 0.25) is 0 Å². The first-order chi connectivity index (χ1) is 9.09. The standard InChI is InChI=1S/C16H21N3/c1-16(2,10-17)11-19-8-7-13-9-12-5-3-4-6-14(12)18-15(13)19/h3-6,9H,7-8,10-11,17H2,1-2H3. The third kappa shape index (κ3) is 2.30. The van der Waals surface area contributed by atoms with Gasteiger partial charge in [-0.3, -0.25) is 0 Å². The molecule has 1 aliphatic heterocycles. The predicted octanol–water partition coefficient (Wildman–Crippen LogP) is 2.58. The van der Waals surface area contributed by atoms with E-state index in [-0.39, 0.29) is 5.41 Å². The van der Waals surface area contributed by atoms with E-state index in [4.69, 9.17) is 10.7 Å². The van der Waals surface area contributed by atoms with Gasteiger partial charge in [-0.2, -0.15) is 0 Å². The monoisotopic (exact) mass is 255 g/mol. The number of hydrogen-bond donors (Lipinski definition) is 1. The topological polar surface area (TPSA) is 42.1 Å². The lowest BCUT2D eigenvalue weighted by atomic mass is 9.93. The van der Waals surface area contributed by atoms with Gasteiger partial charge >= 0.3 is 0 Å². The van der Waals surface area contributed by atoms with Crippen LogP contribution in [0.15, 0.2) is 30.3 Å². The second kappa shape index (κ2) is 4.49. The Hall–Kier alpha value is -1.61. The fourth-order valence-electron chi connectivity index (χ4n) is 2.70. The van der Waals surface area contributed by atoms with Gasteiger partial charge < -0.3 is 10.6 Å². The van der Waals surface area contributed by atoms with Gasteiger partial charge in [-0.1, -0.05) is 32.0 Å². The SMILES string of the molecule is CC(C)(CN)CN1CCc2cc3ccccc3nc21. The first-order valence-electron chi connectivity index (χ1n) is 6.93. The minimum atomic E-state index is 0.134. The van der Waals surface area contributed by atoms with Gasteiger partial charge in [0.1, 0.15) is 5.82 Å². The molecule has 0 unspecified atom stereocenters. The summed E-state index contributed by atoms with van der Waals surface area (Å²) in [6, 6.07) is 10.6. The number of pyridine rings is 1. The molecule has 2 aromatic rings. The molecule has 0 aliphatic carbocycles. The van der Waals surface area contributed by atoms with Crippen LogP contribution in [-0.2, 0) is 6.42 Å². The zero-order valence-corrected chi connectivity index (χ0v) is 11.7. The molecule has 2 heterocycles. The maximum Gasteiger partial charge on any atom is 0.132 e. The third-order valence-corrected chi connectivity index (χ3v) is 3.90. The minimum absolute atomic E-state index is 0.134. The van der Waals surface area contributed by atoms with E-state index in [1.165, 1.54) is 10.9 Å². The lowest BCUT2D eigenvalue weighted by Crippen LogP contribution is -2.38. The summed E-state index contributed by atoms with van der Waals surface area (Å²) in [7, 11) is 0. The van der Waals surface area contributed by atoms with Gasteiger partial charge in [-0.05, 0) is 36.1 Å². The number of aromatic nitrogens is 1. The first kappa shape index (κ1) is 12.4. The van der Waals surface area contributed by atoms with Crippen molar-refractivity contribution in [3.8, 4) is 0 Å². The smallest absolute Gasteiger partial charge is 0.132 e. The van der Waals surface area contributed by atoms with Gasteiger partial charge in [0, 0.05) is 18.5 Å². The molecule has 0 bridgehead atoms. The molecular weight excluding hydrogens is 234 g/mol. The second-order valence-corrected chi connectivity index (χ2v) is 6.20. The number of rotatable bonds is 3. The zero-order chi connectivity index (χ0) is 13.5. The quantitative estimate of drug-likeness (QED) is 0.916. The molecule has 0 amide bonds. The van der Waals surface area contributed by atoms with E-state index in [2.05, 4.69) is 43.0 Å². The maximum absolute atomic E-state index is 5.85. The molecule has 3 heteroatoms. The van der Waals surface area contributed by atoms with Crippen molar-refractivity contribution in [2.24, 2.45) is 11.1 Å². The molecule has 1 aliphatic rings. The number of nitrogens with zero attached hydrogens (tertiary/aromatic N) is 2. The van der Waals surface area contributed by atoms with Crippen LogP contribution < -0.4 is 10.6 Å². The van der Waals surface area contributed by atoms with E-state index in [1.54, 1.807) is 0 Å². The normalized spacial score (nSPS) is 15.0. The highest BCUT2D eigenvalue weighted by Crippen LogP contribution is 2.31. The van der Waals surface area contributed by atoms with Gasteiger partial charge in [0.15, 0.2) is 0 Å². The molecule has 100 valence electrons. The van der Waals surface area contributed by atoms with Crippen molar-refractivity contribution < 1.29 is 0 Å². The Bertz CT molecular complexity index is 604. The van der Waals surface area contributed by atoms with E-state index < -0.39 is 0 Å². The van der Waals surface area contributed by atoms with Crippen LogP contribution in [0.4, 0.5) is 5.82 Å². The van der Waals surface area contributed by atoms with Gasteiger partial charge in [0.05, 0.1) is 5.52 Å². The van der Waals surface area contributed by atoms with Crippen LogP contribution in [0.5, 0.6) is 0 Å². The highest BCUT2D eigenvalue weighted by molar-refractivity contribution is 5.82. The molecule has 0 spiro atoms. The molecular formula is C16H21N3. The van der Waals surface area contributed by atoms with Crippen molar-refractivity contribution in [3.05, 3.63) is 35.9 Å². The summed E-state index contributed by atoms with van der Waals surface area (Å²) >= 11 is 0. The van der Waals surface area contributed by atoms with Gasteiger partial charge in [0.2, 0.25) is 0 Å². The third-order valence-electron chi connectivity index (χ3n) is 3.90. The Morgan fingerprint density at radius 1 is 1.32 bits per heavy atom. The van der Waals surface area contributed by atoms with Gasteiger partial charge in [-0.15, -0.1) is 0 Å². The molecule has 19 heavy (non-hydrogen) atoms. The van der Waals surface area contributed by atoms with Crippen molar-refractivity contribution in [1.82, 2.24) is 4.98 Å². The summed E-state index contributed by atoms with van der Waals surface area (Å²) in [5.41, 5.74) is 8.43. The predicted molar refractivity (Wildman–Crippen MR) is 80.5 cm³/mol. The van der Waals surface area contributed by atoms with Gasteiger partial charge in [-0.25, -0.2) is 4.98 Å². The Morgan fingerprint density at radius 3 is 2.89 bits per heavy atom. The minimum Gasteiger partial charge on any atom is -0.355 e. The second-order valence-electron chi connectivity index (χ2n) is 6.20. The van der Waals surface area contributed by atoms with Crippen LogP contribution in [0.25, 0.3) is 10.9 Å². The Balaban J connectivity index is 1.98. The average molecular weight is 255 g/mol. The summed E-state index contributed by atoms with van der Waals surface area (Å²) in [4.78, 5) is 7.22. The maximum atomic E-state index is 5.85. The molecule has 0 fully saturated rings. The van der Waals surface area contributed by atoms with Crippen molar-refractivity contribution >= 4 is 16.7 Å². The molecule has 3 nitrogen and oxygen atoms in total. The molecule has 3 rings (SSSR count). The Morgan fingerprint density at radius 2 is 2.11 bits per heavy atom. The van der Waals surface area contributed by atoms with Crippen molar-refractivity contribution in [3.63, 3.8) is 0 Å². The molecule has 1 aromatic heterocycles. The van der Waals surface area contributed by atoms with E-state index in [9.17, 15) is 0 Å². The number of para-hydroxylation sites is 1. The van der Waals surface area contributed by atoms with Crippen molar-refractivity contribution in [2.45, 2.75) is 20.3 Å². The number of hydrogen-bond acceptors (Lipinski definition) is 3. The fourth-order valence-corrected chi connectivity index (χ4v) is 2.70. The molecule has 0 radical (unpaired) electrons. The van der Waals surface area contributed by atoms with Crippen LogP contribution in [0.3, 0.4) is 0 Å². The molecule has 2 N–H and O–H groups in total. The summed E-state index contributed by atoms with van der Waals surface area (Å²) in [6.45, 7) is 7.16. The van der Waals surface area contributed by atoms with Crippen molar-refractivity contribution in [2.75, 3.05) is 24.5 Å². The van der Waals surface area contributed by atoms with E-state index in [0.29, 0.717) is 6.54 Å². The number of nitrogens with two attached hydrogens (primary N) is 1. The lowest BCUT2D eigenvalue weighted by molar-refractivity contribution is 0.380. The average Bonchev–Trinajstić information content (AvgIpc) is 2.78.